The van der Waals surface area contributed by atoms with Gasteiger partial charge in [-0.15, -0.1) is 0 Å². The van der Waals surface area contributed by atoms with Crippen molar-refractivity contribution < 1.29 is 4.74 Å². The molecule has 100 valence electrons. The molecule has 1 aromatic heterocycles. The normalized spacial score (nSPS) is 11.9. The monoisotopic (exact) mass is 276 g/mol. The summed E-state index contributed by atoms with van der Waals surface area (Å²) in [5.41, 5.74) is 2.02. The van der Waals surface area contributed by atoms with Gasteiger partial charge in [-0.25, -0.2) is 4.98 Å². The van der Waals surface area contributed by atoms with Crippen molar-refractivity contribution in [2.24, 2.45) is 0 Å². The topological polar surface area (TPSA) is 34.1 Å². The van der Waals surface area contributed by atoms with Crippen molar-refractivity contribution >= 4 is 17.3 Å². The van der Waals surface area contributed by atoms with Gasteiger partial charge < -0.3 is 10.1 Å². The summed E-state index contributed by atoms with van der Waals surface area (Å²) in [5, 5.41) is 3.85. The fraction of sp³-hybridized carbons (Fsp3) is 0.267. The Balaban J connectivity index is 2.05. The number of rotatable bonds is 5. The molecule has 0 saturated carbocycles. The van der Waals surface area contributed by atoms with E-state index in [0.29, 0.717) is 5.15 Å². The molecule has 2 rings (SSSR count). The van der Waals surface area contributed by atoms with E-state index in [1.165, 1.54) is 5.56 Å². The summed E-state index contributed by atoms with van der Waals surface area (Å²) < 4.78 is 5.35. The SMILES string of the molecule is COc1ccccc1CC(C)Nc1cccnc1Cl. The van der Waals surface area contributed by atoms with Crippen LogP contribution in [0, 0.1) is 0 Å². The number of pyridine rings is 1. The molecule has 1 heterocycles. The van der Waals surface area contributed by atoms with E-state index in [9.17, 15) is 0 Å². The zero-order chi connectivity index (χ0) is 13.7. The minimum atomic E-state index is 0.234. The molecule has 1 N–H and O–H groups in total. The maximum Gasteiger partial charge on any atom is 0.152 e. The lowest BCUT2D eigenvalue weighted by atomic mass is 10.1. The Morgan fingerprint density at radius 1 is 1.26 bits per heavy atom. The number of methoxy groups -OCH3 is 1. The maximum atomic E-state index is 6.03. The first-order chi connectivity index (χ1) is 9.20. The quantitative estimate of drug-likeness (QED) is 0.844. The molecule has 1 unspecified atom stereocenters. The van der Waals surface area contributed by atoms with Gasteiger partial charge >= 0.3 is 0 Å². The molecule has 0 aliphatic rings. The van der Waals surface area contributed by atoms with Gasteiger partial charge in [0.1, 0.15) is 5.75 Å². The van der Waals surface area contributed by atoms with Gasteiger partial charge in [-0.2, -0.15) is 0 Å². The second-order valence-electron chi connectivity index (χ2n) is 4.40. The fourth-order valence-corrected chi connectivity index (χ4v) is 2.19. The first kappa shape index (κ1) is 13.7. The van der Waals surface area contributed by atoms with Crippen LogP contribution in [0.3, 0.4) is 0 Å². The fourth-order valence-electron chi connectivity index (χ4n) is 2.01. The predicted molar refractivity (Wildman–Crippen MR) is 79.0 cm³/mol. The van der Waals surface area contributed by atoms with Gasteiger partial charge in [0.2, 0.25) is 0 Å². The van der Waals surface area contributed by atoms with Crippen molar-refractivity contribution in [3.8, 4) is 5.75 Å². The Labute approximate surface area is 118 Å². The number of halogens is 1. The van der Waals surface area contributed by atoms with E-state index in [1.807, 2.05) is 30.3 Å². The number of anilines is 1. The van der Waals surface area contributed by atoms with Crippen LogP contribution in [-0.4, -0.2) is 18.1 Å². The number of nitrogens with one attached hydrogen (secondary N) is 1. The maximum absolute atomic E-state index is 6.03. The van der Waals surface area contributed by atoms with E-state index in [0.717, 1.165) is 17.9 Å². The lowest BCUT2D eigenvalue weighted by molar-refractivity contribution is 0.409. The largest absolute Gasteiger partial charge is 0.496 e. The number of nitrogens with zero attached hydrogens (tertiary/aromatic N) is 1. The average Bonchev–Trinajstić information content (AvgIpc) is 2.42. The minimum absolute atomic E-state index is 0.234. The highest BCUT2D eigenvalue weighted by Gasteiger charge is 2.09. The van der Waals surface area contributed by atoms with Crippen LogP contribution in [-0.2, 0) is 6.42 Å². The van der Waals surface area contributed by atoms with Crippen LogP contribution in [0.15, 0.2) is 42.6 Å². The van der Waals surface area contributed by atoms with Gasteiger partial charge in [0.25, 0.3) is 0 Å². The molecular weight excluding hydrogens is 260 g/mol. The first-order valence-electron chi connectivity index (χ1n) is 6.19. The van der Waals surface area contributed by atoms with Crippen molar-refractivity contribution in [2.45, 2.75) is 19.4 Å². The van der Waals surface area contributed by atoms with Gasteiger partial charge in [0.05, 0.1) is 12.8 Å². The molecule has 0 fully saturated rings. The third-order valence-corrected chi connectivity index (χ3v) is 3.18. The third-order valence-electron chi connectivity index (χ3n) is 2.88. The van der Waals surface area contributed by atoms with Crippen molar-refractivity contribution in [2.75, 3.05) is 12.4 Å². The summed E-state index contributed by atoms with van der Waals surface area (Å²) in [5.74, 6) is 0.911. The standard InChI is InChI=1S/C15H17ClN2O/c1-11(18-13-7-5-9-17-15(13)16)10-12-6-3-4-8-14(12)19-2/h3-9,11,18H,10H2,1-2H3. The molecule has 19 heavy (non-hydrogen) atoms. The Kier molecular flexibility index (Phi) is 4.63. The highest BCUT2D eigenvalue weighted by molar-refractivity contribution is 6.31. The average molecular weight is 277 g/mol. The lowest BCUT2D eigenvalue weighted by Crippen LogP contribution is -2.18. The number of benzene rings is 1. The summed E-state index contributed by atoms with van der Waals surface area (Å²) in [4.78, 5) is 4.05. The van der Waals surface area contributed by atoms with E-state index >= 15 is 0 Å². The Bertz CT molecular complexity index is 545. The molecule has 0 radical (unpaired) electrons. The molecule has 0 aliphatic carbocycles. The molecule has 1 aromatic carbocycles. The van der Waals surface area contributed by atoms with E-state index in [4.69, 9.17) is 16.3 Å². The summed E-state index contributed by atoms with van der Waals surface area (Å²) in [6.07, 6.45) is 2.54. The van der Waals surface area contributed by atoms with Gasteiger partial charge in [-0.05, 0) is 37.1 Å². The molecule has 3 nitrogen and oxygen atoms in total. The Hall–Kier alpha value is -1.74. The zero-order valence-corrected chi connectivity index (χ0v) is 11.8. The predicted octanol–water partition coefficient (Wildman–Crippen LogP) is 3.79. The number of para-hydroxylation sites is 1. The number of aromatic nitrogens is 1. The van der Waals surface area contributed by atoms with Crippen LogP contribution in [0.25, 0.3) is 0 Å². The third kappa shape index (κ3) is 3.61. The Morgan fingerprint density at radius 2 is 2.05 bits per heavy atom. The van der Waals surface area contributed by atoms with Crippen LogP contribution in [0.5, 0.6) is 5.75 Å². The zero-order valence-electron chi connectivity index (χ0n) is 11.1. The van der Waals surface area contributed by atoms with Crippen LogP contribution in [0.2, 0.25) is 5.15 Å². The van der Waals surface area contributed by atoms with Crippen LogP contribution >= 0.6 is 11.6 Å². The Morgan fingerprint density at radius 3 is 2.79 bits per heavy atom. The summed E-state index contributed by atoms with van der Waals surface area (Å²) in [7, 11) is 1.69. The van der Waals surface area contributed by atoms with E-state index in [-0.39, 0.29) is 6.04 Å². The summed E-state index contributed by atoms with van der Waals surface area (Å²) in [6, 6.07) is 12.1. The smallest absolute Gasteiger partial charge is 0.152 e. The van der Waals surface area contributed by atoms with Gasteiger partial charge in [0, 0.05) is 12.2 Å². The lowest BCUT2D eigenvalue weighted by Gasteiger charge is -2.17. The molecule has 0 saturated heterocycles. The molecule has 1 atom stereocenters. The molecule has 4 heteroatoms. The molecule has 0 aliphatic heterocycles. The number of ether oxygens (including phenoxy) is 1. The second kappa shape index (κ2) is 6.43. The van der Waals surface area contributed by atoms with Crippen molar-refractivity contribution in [1.29, 1.82) is 0 Å². The van der Waals surface area contributed by atoms with Crippen LogP contribution in [0.4, 0.5) is 5.69 Å². The molecule has 0 bridgehead atoms. The molecule has 0 amide bonds. The molecule has 0 spiro atoms. The minimum Gasteiger partial charge on any atom is -0.496 e. The van der Waals surface area contributed by atoms with Gasteiger partial charge in [0.15, 0.2) is 5.15 Å². The summed E-state index contributed by atoms with van der Waals surface area (Å²) >= 11 is 6.03. The van der Waals surface area contributed by atoms with Gasteiger partial charge in [-0.3, -0.25) is 0 Å². The summed E-state index contributed by atoms with van der Waals surface area (Å²) in [6.45, 7) is 2.11. The van der Waals surface area contributed by atoms with Crippen LogP contribution < -0.4 is 10.1 Å². The highest BCUT2D eigenvalue weighted by atomic mass is 35.5. The number of hydrogen-bond acceptors (Lipinski definition) is 3. The van der Waals surface area contributed by atoms with E-state index in [2.05, 4.69) is 23.3 Å². The van der Waals surface area contributed by atoms with Crippen molar-refractivity contribution in [1.82, 2.24) is 4.98 Å². The highest BCUT2D eigenvalue weighted by Crippen LogP contribution is 2.22. The van der Waals surface area contributed by atoms with Crippen molar-refractivity contribution in [3.63, 3.8) is 0 Å². The van der Waals surface area contributed by atoms with E-state index in [1.54, 1.807) is 13.3 Å². The molecule has 2 aromatic rings. The van der Waals surface area contributed by atoms with Crippen LogP contribution in [0.1, 0.15) is 12.5 Å². The first-order valence-corrected chi connectivity index (χ1v) is 6.57. The van der Waals surface area contributed by atoms with Gasteiger partial charge in [-0.1, -0.05) is 29.8 Å². The van der Waals surface area contributed by atoms with E-state index < -0.39 is 0 Å². The second-order valence-corrected chi connectivity index (χ2v) is 4.76. The number of hydrogen-bond donors (Lipinski definition) is 1. The van der Waals surface area contributed by atoms with Crippen molar-refractivity contribution in [3.05, 3.63) is 53.3 Å². The molecular formula is C15H17ClN2O.